The number of likely N-dealkylation sites (tertiary alicyclic amines) is 1. The summed E-state index contributed by atoms with van der Waals surface area (Å²) < 4.78 is 31.6. The predicted octanol–water partition coefficient (Wildman–Crippen LogP) is 3.41. The molecule has 1 aromatic rings. The maximum Gasteiger partial charge on any atom is 0.193 e. The number of aliphatic imine (C=N–C) groups is 1. The van der Waals surface area contributed by atoms with Crippen molar-refractivity contribution in [2.75, 3.05) is 33.3 Å². The number of guanidine groups is 1. The molecule has 1 spiro atoms. The largest absolute Gasteiger partial charge is 0.489 e. The molecule has 1 aliphatic heterocycles. The molecule has 134 valence electrons. The van der Waals surface area contributed by atoms with E-state index >= 15 is 0 Å². The summed E-state index contributed by atoms with van der Waals surface area (Å²) in [7, 11) is 1.77. The molecular formula is C17H24F2IN3O. The maximum absolute atomic E-state index is 13.5. The van der Waals surface area contributed by atoms with Crippen molar-refractivity contribution in [3.63, 3.8) is 0 Å². The number of rotatable bonds is 4. The molecule has 24 heavy (non-hydrogen) atoms. The highest BCUT2D eigenvalue weighted by Crippen LogP contribution is 2.47. The van der Waals surface area contributed by atoms with E-state index in [1.807, 2.05) is 0 Å². The number of halogens is 3. The number of hydrogen-bond acceptors (Lipinski definition) is 2. The van der Waals surface area contributed by atoms with Crippen LogP contribution in [0.4, 0.5) is 8.78 Å². The van der Waals surface area contributed by atoms with E-state index in [2.05, 4.69) is 15.2 Å². The van der Waals surface area contributed by atoms with E-state index in [9.17, 15) is 8.78 Å². The SMILES string of the molecule is CN=C(NCCOc1ccc(F)cc1F)N1CCC2(CCC2)C1.I. The van der Waals surface area contributed by atoms with Crippen LogP contribution in [0.25, 0.3) is 0 Å². The summed E-state index contributed by atoms with van der Waals surface area (Å²) in [5.74, 6) is -0.345. The van der Waals surface area contributed by atoms with Crippen molar-refractivity contribution in [1.82, 2.24) is 10.2 Å². The van der Waals surface area contributed by atoms with E-state index in [-0.39, 0.29) is 29.7 Å². The van der Waals surface area contributed by atoms with Gasteiger partial charge in [-0.05, 0) is 36.8 Å². The minimum Gasteiger partial charge on any atom is -0.489 e. The first kappa shape index (κ1) is 19.2. The molecule has 1 N–H and O–H groups in total. The number of hydrogen-bond donors (Lipinski definition) is 1. The summed E-state index contributed by atoms with van der Waals surface area (Å²) in [4.78, 5) is 6.61. The quantitative estimate of drug-likeness (QED) is 0.330. The van der Waals surface area contributed by atoms with Gasteiger partial charge in [0, 0.05) is 26.2 Å². The Balaban J connectivity index is 0.00000208. The molecule has 0 radical (unpaired) electrons. The molecular weight excluding hydrogens is 427 g/mol. The van der Waals surface area contributed by atoms with Gasteiger partial charge in [-0.1, -0.05) is 6.42 Å². The molecule has 4 nitrogen and oxygen atoms in total. The average molecular weight is 451 g/mol. The smallest absolute Gasteiger partial charge is 0.193 e. The van der Waals surface area contributed by atoms with Gasteiger partial charge in [0.25, 0.3) is 0 Å². The van der Waals surface area contributed by atoms with Crippen molar-refractivity contribution in [2.24, 2.45) is 10.4 Å². The van der Waals surface area contributed by atoms with Gasteiger partial charge in [-0.25, -0.2) is 8.78 Å². The fourth-order valence-corrected chi connectivity index (χ4v) is 3.45. The van der Waals surface area contributed by atoms with Gasteiger partial charge in [0.05, 0.1) is 6.54 Å². The van der Waals surface area contributed by atoms with E-state index in [4.69, 9.17) is 4.74 Å². The van der Waals surface area contributed by atoms with Crippen LogP contribution in [-0.2, 0) is 0 Å². The molecule has 0 unspecified atom stereocenters. The zero-order valence-corrected chi connectivity index (χ0v) is 16.2. The van der Waals surface area contributed by atoms with Crippen molar-refractivity contribution < 1.29 is 13.5 Å². The van der Waals surface area contributed by atoms with Crippen LogP contribution in [0, 0.1) is 17.0 Å². The Morgan fingerprint density at radius 3 is 2.71 bits per heavy atom. The fraction of sp³-hybridized carbons (Fsp3) is 0.588. The molecule has 0 atom stereocenters. The Hall–Kier alpha value is -1.12. The van der Waals surface area contributed by atoms with Gasteiger partial charge in [-0.3, -0.25) is 4.99 Å². The van der Waals surface area contributed by atoms with E-state index in [0.717, 1.165) is 25.1 Å². The lowest BCUT2D eigenvalue weighted by Crippen LogP contribution is -2.43. The Morgan fingerprint density at radius 2 is 2.12 bits per heavy atom. The molecule has 0 bridgehead atoms. The van der Waals surface area contributed by atoms with Crippen LogP contribution in [0.5, 0.6) is 5.75 Å². The number of ether oxygens (including phenoxy) is 1. The highest BCUT2D eigenvalue weighted by molar-refractivity contribution is 14.0. The van der Waals surface area contributed by atoms with Crippen molar-refractivity contribution >= 4 is 29.9 Å². The van der Waals surface area contributed by atoms with Crippen LogP contribution in [0.2, 0.25) is 0 Å². The Morgan fingerprint density at radius 1 is 1.33 bits per heavy atom. The van der Waals surface area contributed by atoms with Crippen molar-refractivity contribution in [2.45, 2.75) is 25.7 Å². The monoisotopic (exact) mass is 451 g/mol. The van der Waals surface area contributed by atoms with Gasteiger partial charge in [0.15, 0.2) is 17.5 Å². The third-order valence-electron chi connectivity index (χ3n) is 4.90. The van der Waals surface area contributed by atoms with E-state index in [0.29, 0.717) is 18.6 Å². The first-order chi connectivity index (χ1) is 11.1. The molecule has 1 aromatic carbocycles. The first-order valence-electron chi connectivity index (χ1n) is 8.15. The fourth-order valence-electron chi connectivity index (χ4n) is 3.45. The minimum absolute atomic E-state index is 0. The van der Waals surface area contributed by atoms with Crippen LogP contribution in [0.3, 0.4) is 0 Å². The van der Waals surface area contributed by atoms with Crippen molar-refractivity contribution in [1.29, 1.82) is 0 Å². The average Bonchev–Trinajstić information content (AvgIpc) is 2.95. The van der Waals surface area contributed by atoms with Gasteiger partial charge < -0.3 is 15.0 Å². The molecule has 0 aromatic heterocycles. The molecule has 2 fully saturated rings. The molecule has 1 heterocycles. The highest BCUT2D eigenvalue weighted by atomic mass is 127. The molecule has 1 saturated carbocycles. The predicted molar refractivity (Wildman–Crippen MR) is 101 cm³/mol. The van der Waals surface area contributed by atoms with Crippen LogP contribution in [-0.4, -0.2) is 44.1 Å². The van der Waals surface area contributed by atoms with E-state index in [1.54, 1.807) is 7.05 Å². The number of nitrogens with one attached hydrogen (secondary N) is 1. The zero-order chi connectivity index (χ0) is 16.3. The summed E-state index contributed by atoms with van der Waals surface area (Å²) in [5.41, 5.74) is 0.519. The standard InChI is InChI=1S/C17H23F2N3O.HI/c1-20-16(22-9-7-17(12-22)5-2-6-17)21-8-10-23-15-4-3-13(18)11-14(15)19;/h3-4,11H,2,5-10,12H2,1H3,(H,20,21);1H. The second-order valence-corrected chi connectivity index (χ2v) is 6.42. The molecule has 0 amide bonds. The summed E-state index contributed by atoms with van der Waals surface area (Å²) in [6, 6.07) is 3.32. The molecule has 3 rings (SSSR count). The van der Waals surface area contributed by atoms with Crippen LogP contribution >= 0.6 is 24.0 Å². The third-order valence-corrected chi connectivity index (χ3v) is 4.90. The molecule has 2 aliphatic rings. The lowest BCUT2D eigenvalue weighted by atomic mass is 9.68. The maximum atomic E-state index is 13.5. The van der Waals surface area contributed by atoms with Gasteiger partial charge in [0.1, 0.15) is 12.4 Å². The van der Waals surface area contributed by atoms with Crippen LogP contribution < -0.4 is 10.1 Å². The second kappa shape index (κ2) is 8.31. The second-order valence-electron chi connectivity index (χ2n) is 6.42. The molecule has 7 heteroatoms. The molecule has 1 aliphatic carbocycles. The summed E-state index contributed by atoms with van der Waals surface area (Å²) in [5, 5.41) is 3.25. The highest BCUT2D eigenvalue weighted by Gasteiger charge is 2.43. The molecule has 1 saturated heterocycles. The third kappa shape index (κ3) is 4.29. The van der Waals surface area contributed by atoms with Gasteiger partial charge in [0.2, 0.25) is 0 Å². The van der Waals surface area contributed by atoms with Crippen molar-refractivity contribution in [3.05, 3.63) is 29.8 Å². The normalized spacial score (nSPS) is 19.0. The zero-order valence-electron chi connectivity index (χ0n) is 13.9. The summed E-state index contributed by atoms with van der Waals surface area (Å²) in [6.45, 7) is 2.92. The van der Waals surface area contributed by atoms with Gasteiger partial charge in [-0.15, -0.1) is 24.0 Å². The lowest BCUT2D eigenvalue weighted by molar-refractivity contribution is 0.151. The first-order valence-corrected chi connectivity index (χ1v) is 8.15. The minimum atomic E-state index is -0.680. The van der Waals surface area contributed by atoms with E-state index in [1.165, 1.54) is 37.8 Å². The number of benzene rings is 1. The summed E-state index contributed by atoms with van der Waals surface area (Å²) in [6.07, 6.45) is 5.24. The number of nitrogens with zero attached hydrogens (tertiary/aromatic N) is 2. The van der Waals surface area contributed by atoms with Crippen LogP contribution in [0.1, 0.15) is 25.7 Å². The van der Waals surface area contributed by atoms with Gasteiger partial charge in [-0.2, -0.15) is 0 Å². The topological polar surface area (TPSA) is 36.9 Å². The summed E-state index contributed by atoms with van der Waals surface area (Å²) >= 11 is 0. The Labute approximate surface area is 158 Å². The van der Waals surface area contributed by atoms with E-state index < -0.39 is 11.6 Å². The lowest BCUT2D eigenvalue weighted by Gasteiger charge is -2.38. The van der Waals surface area contributed by atoms with Gasteiger partial charge >= 0.3 is 0 Å². The Bertz CT molecular complexity index is 593. The Kier molecular flexibility index (Phi) is 6.65. The van der Waals surface area contributed by atoms with Crippen molar-refractivity contribution in [3.8, 4) is 5.75 Å². The van der Waals surface area contributed by atoms with Crippen LogP contribution in [0.15, 0.2) is 23.2 Å².